The van der Waals surface area contributed by atoms with Crippen molar-refractivity contribution in [3.05, 3.63) is 75.8 Å². The summed E-state index contributed by atoms with van der Waals surface area (Å²) in [5, 5.41) is 15.4. The Morgan fingerprint density at radius 2 is 1.76 bits per heavy atom. The van der Waals surface area contributed by atoms with Crippen LogP contribution in [0.4, 0.5) is 5.95 Å². The average molecular weight is 396 g/mol. The number of halogens is 1. The molecule has 2 heterocycles. The summed E-state index contributed by atoms with van der Waals surface area (Å²) < 4.78 is 2.85. The van der Waals surface area contributed by atoms with Gasteiger partial charge in [-0.1, -0.05) is 71.3 Å². The van der Waals surface area contributed by atoms with Gasteiger partial charge in [-0.25, -0.2) is 0 Å². The van der Waals surface area contributed by atoms with E-state index in [2.05, 4.69) is 93.1 Å². The minimum atomic E-state index is -0.0425. The molecule has 3 aromatic rings. The smallest absolute Gasteiger partial charge is 0.248 e. The zero-order valence-electron chi connectivity index (χ0n) is 14.0. The number of nitrogens with zero attached hydrogens (tertiary/aromatic N) is 4. The third kappa shape index (κ3) is 3.09. The summed E-state index contributed by atoms with van der Waals surface area (Å²) in [5.74, 6) is 1.17. The molecule has 1 unspecified atom stereocenters. The van der Waals surface area contributed by atoms with E-state index in [-0.39, 0.29) is 6.04 Å². The zero-order valence-corrected chi connectivity index (χ0v) is 15.6. The number of tetrazole rings is 1. The van der Waals surface area contributed by atoms with Crippen molar-refractivity contribution in [3.63, 3.8) is 0 Å². The lowest BCUT2D eigenvalue weighted by Crippen LogP contribution is -2.20. The topological polar surface area (TPSA) is 55.6 Å². The molecule has 0 radical (unpaired) electrons. The standard InChI is InChI=1S/C19H18BrN5/c1-12(2)13-3-5-14(6-4-13)17-11-18(15-7-9-16(20)10-8-15)25-19(21-17)22-23-24-25/h3-12,18H,1-2H3,(H,21,22,24). The maximum Gasteiger partial charge on any atom is 0.248 e. The summed E-state index contributed by atoms with van der Waals surface area (Å²) in [5.41, 5.74) is 4.61. The molecule has 1 N–H and O–H groups in total. The van der Waals surface area contributed by atoms with E-state index in [1.165, 1.54) is 5.56 Å². The molecule has 0 amide bonds. The normalized spacial score (nSPS) is 16.3. The van der Waals surface area contributed by atoms with Crippen molar-refractivity contribution in [2.75, 3.05) is 5.32 Å². The van der Waals surface area contributed by atoms with E-state index in [0.717, 1.165) is 21.3 Å². The van der Waals surface area contributed by atoms with Crippen molar-refractivity contribution in [1.82, 2.24) is 20.2 Å². The molecule has 5 nitrogen and oxygen atoms in total. The first kappa shape index (κ1) is 16.0. The summed E-state index contributed by atoms with van der Waals surface area (Å²) in [6.07, 6.45) is 2.16. The summed E-state index contributed by atoms with van der Waals surface area (Å²) in [7, 11) is 0. The first-order valence-electron chi connectivity index (χ1n) is 8.24. The second kappa shape index (κ2) is 6.44. The van der Waals surface area contributed by atoms with Gasteiger partial charge in [0.2, 0.25) is 5.95 Å². The number of allylic oxidation sites excluding steroid dienone is 1. The van der Waals surface area contributed by atoms with Gasteiger partial charge in [0.15, 0.2) is 0 Å². The van der Waals surface area contributed by atoms with Gasteiger partial charge in [0.25, 0.3) is 0 Å². The number of aromatic nitrogens is 4. The molecular formula is C19H18BrN5. The molecule has 1 aliphatic rings. The van der Waals surface area contributed by atoms with Crippen LogP contribution in [0.15, 0.2) is 59.1 Å². The first-order chi connectivity index (χ1) is 12.1. The summed E-state index contributed by atoms with van der Waals surface area (Å²) >= 11 is 3.49. The van der Waals surface area contributed by atoms with E-state index in [4.69, 9.17) is 0 Å². The predicted octanol–water partition coefficient (Wildman–Crippen LogP) is 4.62. The second-order valence-corrected chi connectivity index (χ2v) is 7.34. The van der Waals surface area contributed by atoms with Crippen molar-refractivity contribution in [2.45, 2.75) is 25.8 Å². The first-order valence-corrected chi connectivity index (χ1v) is 9.03. The lowest BCUT2D eigenvalue weighted by molar-refractivity contribution is 0.586. The van der Waals surface area contributed by atoms with Gasteiger partial charge in [-0.2, -0.15) is 4.68 Å². The summed E-state index contributed by atoms with van der Waals surface area (Å²) in [6, 6.07) is 16.8. The summed E-state index contributed by atoms with van der Waals surface area (Å²) in [6.45, 7) is 4.40. The lowest BCUT2D eigenvalue weighted by atomic mass is 9.98. The fourth-order valence-electron chi connectivity index (χ4n) is 2.97. The Bertz CT molecular complexity index is 910. The van der Waals surface area contributed by atoms with Gasteiger partial charge in [0, 0.05) is 10.2 Å². The molecule has 4 rings (SSSR count). The predicted molar refractivity (Wildman–Crippen MR) is 102 cm³/mol. The van der Waals surface area contributed by atoms with Crippen LogP contribution in [0.1, 0.15) is 42.5 Å². The van der Waals surface area contributed by atoms with Crippen LogP contribution < -0.4 is 5.32 Å². The van der Waals surface area contributed by atoms with Crippen LogP contribution in [0, 0.1) is 0 Å². The number of nitrogens with one attached hydrogen (secondary N) is 1. The van der Waals surface area contributed by atoms with Crippen LogP contribution in [0.25, 0.3) is 5.70 Å². The minimum Gasteiger partial charge on any atom is -0.323 e. The average Bonchev–Trinajstić information content (AvgIpc) is 3.10. The number of fused-ring (bicyclic) bond motifs is 1. The minimum absolute atomic E-state index is 0.0425. The van der Waals surface area contributed by atoms with Gasteiger partial charge < -0.3 is 5.32 Å². The van der Waals surface area contributed by atoms with Gasteiger partial charge in [0.05, 0.1) is 0 Å². The van der Waals surface area contributed by atoms with Crippen molar-refractivity contribution in [2.24, 2.45) is 0 Å². The Kier molecular flexibility index (Phi) is 4.13. The highest BCUT2D eigenvalue weighted by molar-refractivity contribution is 9.10. The van der Waals surface area contributed by atoms with Gasteiger partial charge in [-0.15, -0.1) is 0 Å². The third-order valence-electron chi connectivity index (χ3n) is 4.43. The molecule has 25 heavy (non-hydrogen) atoms. The number of benzene rings is 2. The summed E-state index contributed by atoms with van der Waals surface area (Å²) in [4.78, 5) is 0. The van der Waals surface area contributed by atoms with E-state index < -0.39 is 0 Å². The highest BCUT2D eigenvalue weighted by Gasteiger charge is 2.24. The monoisotopic (exact) mass is 395 g/mol. The highest BCUT2D eigenvalue weighted by atomic mass is 79.9. The molecule has 1 aromatic heterocycles. The van der Waals surface area contributed by atoms with E-state index >= 15 is 0 Å². The van der Waals surface area contributed by atoms with E-state index in [1.54, 1.807) is 4.68 Å². The van der Waals surface area contributed by atoms with Gasteiger partial charge >= 0.3 is 0 Å². The van der Waals surface area contributed by atoms with Crippen molar-refractivity contribution in [3.8, 4) is 0 Å². The lowest BCUT2D eigenvalue weighted by Gasteiger charge is -2.23. The number of anilines is 1. The third-order valence-corrected chi connectivity index (χ3v) is 4.96. The molecule has 0 fully saturated rings. The number of hydrogen-bond donors (Lipinski definition) is 1. The van der Waals surface area contributed by atoms with Crippen molar-refractivity contribution >= 4 is 27.6 Å². The Morgan fingerprint density at radius 1 is 1.04 bits per heavy atom. The molecule has 0 bridgehead atoms. The van der Waals surface area contributed by atoms with Crippen LogP contribution in [0.2, 0.25) is 0 Å². The van der Waals surface area contributed by atoms with Crippen molar-refractivity contribution < 1.29 is 0 Å². The van der Waals surface area contributed by atoms with Crippen LogP contribution >= 0.6 is 15.9 Å². The van der Waals surface area contributed by atoms with Crippen LogP contribution in [0.3, 0.4) is 0 Å². The Balaban J connectivity index is 1.74. The quantitative estimate of drug-likeness (QED) is 0.702. The Hall–Kier alpha value is -2.47. The largest absolute Gasteiger partial charge is 0.323 e. The molecule has 0 saturated carbocycles. The maximum absolute atomic E-state index is 4.14. The Morgan fingerprint density at radius 3 is 2.44 bits per heavy atom. The zero-order chi connectivity index (χ0) is 17.4. The van der Waals surface area contributed by atoms with Crippen molar-refractivity contribution in [1.29, 1.82) is 0 Å². The fourth-order valence-corrected chi connectivity index (χ4v) is 3.23. The molecule has 0 spiro atoms. The van der Waals surface area contributed by atoms with E-state index in [9.17, 15) is 0 Å². The van der Waals surface area contributed by atoms with Crippen LogP contribution in [-0.4, -0.2) is 20.2 Å². The Labute approximate surface area is 154 Å². The molecule has 126 valence electrons. The van der Waals surface area contributed by atoms with E-state index in [0.29, 0.717) is 11.9 Å². The van der Waals surface area contributed by atoms with Crippen LogP contribution in [0.5, 0.6) is 0 Å². The van der Waals surface area contributed by atoms with Gasteiger partial charge in [-0.3, -0.25) is 0 Å². The molecule has 6 heteroatoms. The highest BCUT2D eigenvalue weighted by Crippen LogP contribution is 2.32. The van der Waals surface area contributed by atoms with Gasteiger partial charge in [-0.05, 0) is 51.2 Å². The van der Waals surface area contributed by atoms with Gasteiger partial charge in [0.1, 0.15) is 6.04 Å². The maximum atomic E-state index is 4.14. The molecule has 2 aromatic carbocycles. The second-order valence-electron chi connectivity index (χ2n) is 6.43. The molecule has 0 saturated heterocycles. The molecule has 1 atom stereocenters. The van der Waals surface area contributed by atoms with E-state index in [1.807, 2.05) is 12.1 Å². The van der Waals surface area contributed by atoms with Crippen LogP contribution in [-0.2, 0) is 0 Å². The molecule has 1 aliphatic heterocycles. The molecule has 0 aliphatic carbocycles. The molecular weight excluding hydrogens is 378 g/mol. The SMILES string of the molecule is CC(C)c1ccc(C2=CC(c3ccc(Br)cc3)n3nnnc3N2)cc1. The number of rotatable bonds is 3. The fraction of sp³-hybridized carbons (Fsp3) is 0.211. The number of hydrogen-bond acceptors (Lipinski definition) is 4.